The van der Waals surface area contributed by atoms with E-state index in [1.807, 2.05) is 0 Å². The van der Waals surface area contributed by atoms with Gasteiger partial charge in [0.25, 0.3) is 20.2 Å². The average molecular weight is 278 g/mol. The molecule has 0 heterocycles. The van der Waals surface area contributed by atoms with Gasteiger partial charge in [-0.05, 0) is 12.1 Å². The van der Waals surface area contributed by atoms with Crippen molar-refractivity contribution < 1.29 is 31.0 Å². The Morgan fingerprint density at radius 1 is 0.875 bits per heavy atom. The second-order valence-corrected chi connectivity index (χ2v) is 5.36. The Hall–Kier alpha value is -0.160. The van der Waals surface area contributed by atoms with Crippen LogP contribution in [-0.4, -0.2) is 60.6 Å². The van der Waals surface area contributed by atoms with E-state index in [4.69, 9.17) is 14.2 Å². The Labute approximate surface area is 114 Å². The summed E-state index contributed by atoms with van der Waals surface area (Å²) in [5.41, 5.74) is 0. The molecule has 0 saturated heterocycles. The quantitative estimate of drug-likeness (QED) is 0.479. The molecular formula is C6H7NaO7S2. The zero-order chi connectivity index (χ0) is 11.9. The van der Waals surface area contributed by atoms with Crippen LogP contribution < -0.4 is 0 Å². The molecule has 0 aliphatic carbocycles. The average Bonchev–Trinajstić information content (AvgIpc) is 2.00. The third kappa shape index (κ3) is 3.70. The second kappa shape index (κ2) is 5.00. The molecular weight excluding hydrogens is 271 g/mol. The molecule has 0 atom stereocenters. The molecule has 0 radical (unpaired) electrons. The molecule has 0 fully saturated rings. The fourth-order valence-electron chi connectivity index (χ4n) is 0.911. The Balaban J connectivity index is 0.00000225. The Kier molecular flexibility index (Phi) is 4.95. The molecule has 0 amide bonds. The topological polar surface area (TPSA) is 129 Å². The van der Waals surface area contributed by atoms with Gasteiger partial charge in [0.2, 0.25) is 0 Å². The van der Waals surface area contributed by atoms with E-state index in [1.54, 1.807) is 0 Å². The predicted octanol–water partition coefficient (Wildman–Crippen LogP) is -0.763. The van der Waals surface area contributed by atoms with Crippen molar-refractivity contribution in [2.45, 2.75) is 9.79 Å². The van der Waals surface area contributed by atoms with Crippen molar-refractivity contribution in [3.63, 3.8) is 0 Å². The molecule has 0 unspecified atom stereocenters. The molecule has 1 aromatic rings. The minimum absolute atomic E-state index is 0. The monoisotopic (exact) mass is 278 g/mol. The van der Waals surface area contributed by atoms with E-state index in [9.17, 15) is 16.8 Å². The van der Waals surface area contributed by atoms with E-state index in [1.165, 1.54) is 0 Å². The molecule has 0 aliphatic rings. The molecule has 0 aliphatic heterocycles. The fraction of sp³-hybridized carbons (Fsp3) is 0. The van der Waals surface area contributed by atoms with Crippen LogP contribution in [0.15, 0.2) is 28.0 Å². The molecule has 86 valence electrons. The molecule has 7 nitrogen and oxygen atoms in total. The number of hydrogen-bond donors (Lipinski definition) is 3. The van der Waals surface area contributed by atoms with Gasteiger partial charge in [-0.1, -0.05) is 0 Å². The van der Waals surface area contributed by atoms with E-state index in [0.29, 0.717) is 12.1 Å². The summed E-state index contributed by atoms with van der Waals surface area (Å²) in [7, 11) is -9.62. The third-order valence-electron chi connectivity index (χ3n) is 1.48. The van der Waals surface area contributed by atoms with E-state index in [-0.39, 0.29) is 29.6 Å². The van der Waals surface area contributed by atoms with Crippen LogP contribution >= 0.6 is 0 Å². The van der Waals surface area contributed by atoms with E-state index < -0.39 is 35.8 Å². The summed E-state index contributed by atoms with van der Waals surface area (Å²) >= 11 is 0. The van der Waals surface area contributed by atoms with Crippen LogP contribution in [0.2, 0.25) is 0 Å². The van der Waals surface area contributed by atoms with Crippen molar-refractivity contribution in [3.8, 4) is 5.75 Å². The first-order valence-corrected chi connectivity index (χ1v) is 6.28. The van der Waals surface area contributed by atoms with Crippen molar-refractivity contribution in [2.24, 2.45) is 0 Å². The maximum atomic E-state index is 10.7. The van der Waals surface area contributed by atoms with Crippen molar-refractivity contribution >= 4 is 49.8 Å². The first-order valence-electron chi connectivity index (χ1n) is 3.40. The predicted molar refractivity (Wildman–Crippen MR) is 54.9 cm³/mol. The van der Waals surface area contributed by atoms with Gasteiger partial charge in [-0.25, -0.2) is 0 Å². The first kappa shape index (κ1) is 15.8. The molecule has 0 bridgehead atoms. The van der Waals surface area contributed by atoms with Crippen molar-refractivity contribution in [3.05, 3.63) is 18.2 Å². The van der Waals surface area contributed by atoms with Gasteiger partial charge in [0.15, 0.2) is 0 Å². The first-order chi connectivity index (χ1) is 6.62. The van der Waals surface area contributed by atoms with Crippen LogP contribution in [0.25, 0.3) is 0 Å². The van der Waals surface area contributed by atoms with Gasteiger partial charge in [-0.15, -0.1) is 0 Å². The number of rotatable bonds is 2. The van der Waals surface area contributed by atoms with Crippen LogP contribution in [0, 0.1) is 0 Å². The summed E-state index contributed by atoms with van der Waals surface area (Å²) in [5.74, 6) is -0.560. The van der Waals surface area contributed by atoms with E-state index >= 15 is 0 Å². The molecule has 3 N–H and O–H groups in total. The SMILES string of the molecule is O=S(=O)(O)c1ccc(O)cc1S(=O)(=O)O.[NaH]. The summed E-state index contributed by atoms with van der Waals surface area (Å²) in [6.07, 6.45) is 0. The van der Waals surface area contributed by atoms with E-state index in [0.717, 1.165) is 6.07 Å². The van der Waals surface area contributed by atoms with Crippen molar-refractivity contribution in [1.29, 1.82) is 0 Å². The second-order valence-electron chi connectivity index (χ2n) is 2.58. The molecule has 10 heteroatoms. The van der Waals surface area contributed by atoms with Gasteiger partial charge in [-0.3, -0.25) is 9.11 Å². The number of phenols is 1. The maximum absolute atomic E-state index is 10.7. The Bertz CT molecular complexity index is 589. The number of aromatic hydroxyl groups is 1. The number of hydrogen-bond acceptors (Lipinski definition) is 5. The third-order valence-corrected chi connectivity index (χ3v) is 3.42. The number of benzene rings is 1. The Morgan fingerprint density at radius 3 is 1.69 bits per heavy atom. The summed E-state index contributed by atoms with van der Waals surface area (Å²) < 4.78 is 60.1. The molecule has 0 saturated carbocycles. The molecule has 16 heavy (non-hydrogen) atoms. The summed E-state index contributed by atoms with van der Waals surface area (Å²) in [6, 6.07) is 2.03. The van der Waals surface area contributed by atoms with Crippen LogP contribution in [0.5, 0.6) is 5.75 Å². The minimum atomic E-state index is -4.84. The zero-order valence-corrected chi connectivity index (χ0v) is 8.66. The van der Waals surface area contributed by atoms with Gasteiger partial charge in [0.1, 0.15) is 15.5 Å². The summed E-state index contributed by atoms with van der Waals surface area (Å²) in [4.78, 5) is -2.08. The van der Waals surface area contributed by atoms with Gasteiger partial charge in [0.05, 0.1) is 0 Å². The van der Waals surface area contributed by atoms with Crippen LogP contribution in [-0.2, 0) is 20.2 Å². The van der Waals surface area contributed by atoms with Gasteiger partial charge < -0.3 is 5.11 Å². The van der Waals surface area contributed by atoms with Gasteiger partial charge in [-0.2, -0.15) is 16.8 Å². The zero-order valence-electron chi connectivity index (χ0n) is 7.02. The molecule has 1 rings (SSSR count). The molecule has 0 aromatic heterocycles. The normalized spacial score (nSPS) is 11.9. The van der Waals surface area contributed by atoms with Gasteiger partial charge in [0, 0.05) is 6.07 Å². The summed E-state index contributed by atoms with van der Waals surface area (Å²) in [6.45, 7) is 0. The van der Waals surface area contributed by atoms with E-state index in [2.05, 4.69) is 0 Å². The standard InChI is InChI=1S/C6H6O7S2.Na.H/c7-4-1-2-5(14(8,9)10)6(3-4)15(11,12)13;;/h1-3,7H,(H,8,9,10)(H,11,12,13);;. The summed E-state index contributed by atoms with van der Waals surface area (Å²) in [5, 5.41) is 8.91. The molecule has 0 spiro atoms. The van der Waals surface area contributed by atoms with Crippen LogP contribution in [0.4, 0.5) is 0 Å². The van der Waals surface area contributed by atoms with Crippen molar-refractivity contribution in [1.82, 2.24) is 0 Å². The number of phenolic OH excluding ortho intramolecular Hbond substituents is 1. The fourth-order valence-corrected chi connectivity index (χ4v) is 2.69. The van der Waals surface area contributed by atoms with Crippen LogP contribution in [0.3, 0.4) is 0 Å². The molecule has 1 aromatic carbocycles. The Morgan fingerprint density at radius 2 is 1.31 bits per heavy atom. The van der Waals surface area contributed by atoms with Crippen molar-refractivity contribution in [2.75, 3.05) is 0 Å². The van der Waals surface area contributed by atoms with Crippen LogP contribution in [0.1, 0.15) is 0 Å². The van der Waals surface area contributed by atoms with Gasteiger partial charge >= 0.3 is 29.6 Å².